The Morgan fingerprint density at radius 2 is 2.00 bits per heavy atom. The molecule has 6 nitrogen and oxygen atoms in total. The fourth-order valence-electron chi connectivity index (χ4n) is 1.90. The van der Waals surface area contributed by atoms with E-state index in [1.54, 1.807) is 31.2 Å². The van der Waals surface area contributed by atoms with Gasteiger partial charge in [0.2, 0.25) is 0 Å². The van der Waals surface area contributed by atoms with Crippen molar-refractivity contribution < 1.29 is 14.5 Å². The number of rotatable bonds is 4. The normalized spacial score (nSPS) is 9.95. The number of non-ortho nitro benzene ring substituents is 1. The van der Waals surface area contributed by atoms with Crippen molar-refractivity contribution in [3.8, 4) is 0 Å². The molecule has 0 saturated carbocycles. The van der Waals surface area contributed by atoms with Crippen LogP contribution in [0.5, 0.6) is 0 Å². The molecule has 0 aliphatic carbocycles. The third-order valence-corrected chi connectivity index (χ3v) is 2.95. The van der Waals surface area contributed by atoms with Crippen LogP contribution in [0.2, 0.25) is 0 Å². The predicted molar refractivity (Wildman–Crippen MR) is 77.6 cm³/mol. The van der Waals surface area contributed by atoms with Crippen LogP contribution in [0.4, 0.5) is 11.4 Å². The molecule has 0 saturated heterocycles. The second kappa shape index (κ2) is 5.96. The van der Waals surface area contributed by atoms with Crippen molar-refractivity contribution in [2.75, 3.05) is 5.32 Å². The first-order chi connectivity index (χ1) is 10.0. The molecule has 0 fully saturated rings. The highest BCUT2D eigenvalue weighted by atomic mass is 16.6. The van der Waals surface area contributed by atoms with Gasteiger partial charge in [0.1, 0.15) is 6.29 Å². The second-order valence-corrected chi connectivity index (χ2v) is 4.45. The summed E-state index contributed by atoms with van der Waals surface area (Å²) < 4.78 is 0. The van der Waals surface area contributed by atoms with E-state index in [0.717, 1.165) is 0 Å². The topological polar surface area (TPSA) is 89.3 Å². The zero-order valence-corrected chi connectivity index (χ0v) is 11.2. The van der Waals surface area contributed by atoms with Gasteiger partial charge < -0.3 is 5.32 Å². The number of carbonyl (C=O) groups excluding carboxylic acids is 2. The van der Waals surface area contributed by atoms with Gasteiger partial charge in [0.25, 0.3) is 11.6 Å². The molecule has 1 amide bonds. The number of carbonyl (C=O) groups is 2. The molecule has 0 unspecified atom stereocenters. The van der Waals surface area contributed by atoms with Gasteiger partial charge in [-0.05, 0) is 30.7 Å². The SMILES string of the molecule is Cc1cc([N+](=O)[O-])ccc1C(=O)Nc1cccc(C=O)c1. The third kappa shape index (κ3) is 3.30. The van der Waals surface area contributed by atoms with E-state index in [4.69, 9.17) is 0 Å². The van der Waals surface area contributed by atoms with E-state index in [2.05, 4.69) is 5.32 Å². The number of aryl methyl sites for hydroxylation is 1. The lowest BCUT2D eigenvalue weighted by Gasteiger charge is -2.08. The Balaban J connectivity index is 2.24. The Kier molecular flexibility index (Phi) is 4.08. The van der Waals surface area contributed by atoms with Crippen molar-refractivity contribution in [2.24, 2.45) is 0 Å². The van der Waals surface area contributed by atoms with Crippen molar-refractivity contribution >= 4 is 23.6 Å². The average molecular weight is 284 g/mol. The Bertz CT molecular complexity index is 725. The van der Waals surface area contributed by atoms with E-state index in [-0.39, 0.29) is 11.6 Å². The zero-order valence-electron chi connectivity index (χ0n) is 11.2. The second-order valence-electron chi connectivity index (χ2n) is 4.45. The summed E-state index contributed by atoms with van der Waals surface area (Å²) >= 11 is 0. The maximum Gasteiger partial charge on any atom is 0.269 e. The number of benzene rings is 2. The molecule has 0 heterocycles. The van der Waals surface area contributed by atoms with Gasteiger partial charge in [-0.1, -0.05) is 12.1 Å². The predicted octanol–water partition coefficient (Wildman–Crippen LogP) is 2.97. The first kappa shape index (κ1) is 14.4. The summed E-state index contributed by atoms with van der Waals surface area (Å²) in [5, 5.41) is 13.3. The number of nitro benzene ring substituents is 1. The fourth-order valence-corrected chi connectivity index (χ4v) is 1.90. The Morgan fingerprint density at radius 1 is 1.24 bits per heavy atom. The van der Waals surface area contributed by atoms with Crippen molar-refractivity contribution in [2.45, 2.75) is 6.92 Å². The average Bonchev–Trinajstić information content (AvgIpc) is 2.47. The molecule has 0 bridgehead atoms. The maximum atomic E-state index is 12.1. The molecular weight excluding hydrogens is 272 g/mol. The van der Waals surface area contributed by atoms with Crippen molar-refractivity contribution in [1.29, 1.82) is 0 Å². The van der Waals surface area contributed by atoms with Gasteiger partial charge in [-0.15, -0.1) is 0 Å². The molecule has 2 rings (SSSR count). The molecule has 0 aliphatic heterocycles. The molecule has 0 aromatic heterocycles. The maximum absolute atomic E-state index is 12.1. The third-order valence-electron chi connectivity index (χ3n) is 2.95. The number of aldehydes is 1. The molecule has 106 valence electrons. The number of nitrogens with zero attached hydrogens (tertiary/aromatic N) is 1. The van der Waals surface area contributed by atoms with Crippen LogP contribution in [-0.2, 0) is 0 Å². The van der Waals surface area contributed by atoms with Crippen molar-refractivity contribution in [3.63, 3.8) is 0 Å². The monoisotopic (exact) mass is 284 g/mol. The Morgan fingerprint density at radius 3 is 2.62 bits per heavy atom. The lowest BCUT2D eigenvalue weighted by molar-refractivity contribution is -0.384. The van der Waals surface area contributed by atoms with Crippen LogP contribution in [0.25, 0.3) is 0 Å². The summed E-state index contributed by atoms with van der Waals surface area (Å²) in [5.41, 5.74) is 1.73. The van der Waals surface area contributed by atoms with E-state index >= 15 is 0 Å². The number of amides is 1. The van der Waals surface area contributed by atoms with Gasteiger partial charge in [-0.25, -0.2) is 0 Å². The largest absolute Gasteiger partial charge is 0.322 e. The number of hydrogen-bond donors (Lipinski definition) is 1. The smallest absolute Gasteiger partial charge is 0.269 e. The first-order valence-electron chi connectivity index (χ1n) is 6.13. The number of hydrogen-bond acceptors (Lipinski definition) is 4. The lowest BCUT2D eigenvalue weighted by atomic mass is 10.1. The van der Waals surface area contributed by atoms with Crippen LogP contribution in [0.3, 0.4) is 0 Å². The Labute approximate surface area is 120 Å². The molecule has 2 aromatic carbocycles. The molecule has 0 aliphatic rings. The minimum Gasteiger partial charge on any atom is -0.322 e. The summed E-state index contributed by atoms with van der Waals surface area (Å²) in [4.78, 5) is 33.0. The fraction of sp³-hybridized carbons (Fsp3) is 0.0667. The highest BCUT2D eigenvalue weighted by Crippen LogP contribution is 2.18. The molecule has 2 aromatic rings. The van der Waals surface area contributed by atoms with E-state index in [1.807, 2.05) is 0 Å². The number of nitro groups is 1. The van der Waals surface area contributed by atoms with Crippen LogP contribution in [0.1, 0.15) is 26.3 Å². The number of anilines is 1. The molecule has 1 N–H and O–H groups in total. The van der Waals surface area contributed by atoms with Gasteiger partial charge in [0.05, 0.1) is 4.92 Å². The van der Waals surface area contributed by atoms with E-state index in [9.17, 15) is 19.7 Å². The van der Waals surface area contributed by atoms with Crippen molar-refractivity contribution in [3.05, 3.63) is 69.3 Å². The summed E-state index contributed by atoms with van der Waals surface area (Å²) in [5.74, 6) is -0.384. The number of nitrogens with one attached hydrogen (secondary N) is 1. The van der Waals surface area contributed by atoms with Gasteiger partial charge in [0, 0.05) is 28.9 Å². The molecule has 0 radical (unpaired) electrons. The highest BCUT2D eigenvalue weighted by Gasteiger charge is 2.13. The minimum absolute atomic E-state index is 0.0630. The quantitative estimate of drug-likeness (QED) is 0.531. The summed E-state index contributed by atoms with van der Waals surface area (Å²) in [6, 6.07) is 10.5. The summed E-state index contributed by atoms with van der Waals surface area (Å²) in [7, 11) is 0. The van der Waals surface area contributed by atoms with Crippen LogP contribution in [0, 0.1) is 17.0 Å². The van der Waals surface area contributed by atoms with Crippen LogP contribution in [-0.4, -0.2) is 17.1 Å². The molecule has 6 heteroatoms. The van der Waals surface area contributed by atoms with Crippen LogP contribution in [0.15, 0.2) is 42.5 Å². The zero-order chi connectivity index (χ0) is 15.4. The van der Waals surface area contributed by atoms with Gasteiger partial charge in [0.15, 0.2) is 0 Å². The molecule has 0 atom stereocenters. The lowest BCUT2D eigenvalue weighted by Crippen LogP contribution is -2.13. The first-order valence-corrected chi connectivity index (χ1v) is 6.13. The van der Waals surface area contributed by atoms with Gasteiger partial charge >= 0.3 is 0 Å². The standard InChI is InChI=1S/C15H12N2O4/c1-10-7-13(17(20)21)5-6-14(10)15(19)16-12-4-2-3-11(8-12)9-18/h2-9H,1H3,(H,16,19). The van der Waals surface area contributed by atoms with E-state index in [0.29, 0.717) is 28.7 Å². The molecule has 0 spiro atoms. The highest BCUT2D eigenvalue weighted by molar-refractivity contribution is 6.05. The summed E-state index contributed by atoms with van der Waals surface area (Å²) in [6.45, 7) is 1.63. The molecular formula is C15H12N2O4. The van der Waals surface area contributed by atoms with Crippen molar-refractivity contribution in [1.82, 2.24) is 0 Å². The van der Waals surface area contributed by atoms with E-state index < -0.39 is 4.92 Å². The van der Waals surface area contributed by atoms with Gasteiger partial charge in [-0.2, -0.15) is 0 Å². The Hall–Kier alpha value is -3.02. The minimum atomic E-state index is -0.512. The van der Waals surface area contributed by atoms with Crippen LogP contribution >= 0.6 is 0 Å². The summed E-state index contributed by atoms with van der Waals surface area (Å²) in [6.07, 6.45) is 0.687. The molecule has 21 heavy (non-hydrogen) atoms. The van der Waals surface area contributed by atoms with E-state index in [1.165, 1.54) is 18.2 Å². The van der Waals surface area contributed by atoms with Gasteiger partial charge in [-0.3, -0.25) is 19.7 Å². The van der Waals surface area contributed by atoms with Crippen LogP contribution < -0.4 is 5.32 Å².